The van der Waals surface area contributed by atoms with Gasteiger partial charge in [0.1, 0.15) is 5.78 Å². The number of carbonyl (C=O) groups is 1. The molecule has 6 atom stereocenters. The van der Waals surface area contributed by atoms with Crippen LogP contribution < -0.4 is 0 Å². The molecule has 1 N–H and O–H groups in total. The Bertz CT molecular complexity index is 484. The maximum atomic E-state index is 12.9. The second-order valence-electron chi connectivity index (χ2n) is 9.21. The highest BCUT2D eigenvalue weighted by atomic mass is 16.3. The van der Waals surface area contributed by atoms with Gasteiger partial charge in [-0.15, -0.1) is 6.58 Å². The second kappa shape index (κ2) is 5.19. The Labute approximate surface area is 135 Å². The first kappa shape index (κ1) is 16.2. The van der Waals surface area contributed by atoms with E-state index in [1.54, 1.807) is 0 Å². The molecular formula is C20H32O2. The van der Waals surface area contributed by atoms with Crippen molar-refractivity contribution in [3.8, 4) is 0 Å². The fraction of sp³-hybridized carbons (Fsp3) is 0.850. The number of fused-ring (bicyclic) bond motifs is 3. The summed E-state index contributed by atoms with van der Waals surface area (Å²) in [4.78, 5) is 12.9. The van der Waals surface area contributed by atoms with E-state index in [0.717, 1.165) is 25.7 Å². The molecule has 0 aliphatic heterocycles. The molecule has 2 heteroatoms. The van der Waals surface area contributed by atoms with E-state index in [9.17, 15) is 9.90 Å². The number of aliphatic hydroxyl groups excluding tert-OH is 1. The minimum atomic E-state index is -0.0627. The minimum absolute atomic E-state index is 0.0627. The first-order valence-corrected chi connectivity index (χ1v) is 9.05. The van der Waals surface area contributed by atoms with Crippen LogP contribution in [0.3, 0.4) is 0 Å². The molecule has 1 unspecified atom stereocenters. The molecule has 0 amide bonds. The Morgan fingerprint density at radius 3 is 2.64 bits per heavy atom. The summed E-state index contributed by atoms with van der Waals surface area (Å²) in [5, 5.41) is 9.98. The highest BCUT2D eigenvalue weighted by Crippen LogP contribution is 2.64. The summed E-state index contributed by atoms with van der Waals surface area (Å²) in [6, 6.07) is 0. The smallest absolute Gasteiger partial charge is 0.136 e. The fourth-order valence-corrected chi connectivity index (χ4v) is 6.23. The van der Waals surface area contributed by atoms with Crippen molar-refractivity contribution in [3.05, 3.63) is 12.7 Å². The van der Waals surface area contributed by atoms with Crippen LogP contribution in [0.5, 0.6) is 0 Å². The Kier molecular flexibility index (Phi) is 3.83. The zero-order valence-electron chi connectivity index (χ0n) is 14.5. The molecule has 22 heavy (non-hydrogen) atoms. The van der Waals surface area contributed by atoms with Crippen molar-refractivity contribution in [1.82, 2.24) is 0 Å². The molecule has 0 heterocycles. The van der Waals surface area contributed by atoms with Gasteiger partial charge in [0.25, 0.3) is 0 Å². The quantitative estimate of drug-likeness (QED) is 0.769. The SMILES string of the molecule is C=C[C@]1(C)CC[C@H]2[C@H](C1)C(=O)CC1[C@@](C)(CO)CCC[C@]12C. The number of aliphatic hydroxyl groups is 1. The van der Waals surface area contributed by atoms with Gasteiger partial charge < -0.3 is 5.11 Å². The van der Waals surface area contributed by atoms with Gasteiger partial charge in [0.15, 0.2) is 0 Å². The topological polar surface area (TPSA) is 37.3 Å². The number of hydrogen-bond donors (Lipinski definition) is 1. The van der Waals surface area contributed by atoms with Gasteiger partial charge in [0.2, 0.25) is 0 Å². The summed E-state index contributed by atoms with van der Waals surface area (Å²) in [5.41, 5.74) is 0.304. The molecule has 3 fully saturated rings. The first-order valence-electron chi connectivity index (χ1n) is 9.05. The molecule has 0 aromatic heterocycles. The van der Waals surface area contributed by atoms with Crippen LogP contribution >= 0.6 is 0 Å². The number of rotatable bonds is 2. The highest BCUT2D eigenvalue weighted by Gasteiger charge is 2.59. The average Bonchev–Trinajstić information content (AvgIpc) is 2.50. The predicted octanol–water partition coefficient (Wildman–Crippen LogP) is 4.37. The normalized spacial score (nSPS) is 51.8. The predicted molar refractivity (Wildman–Crippen MR) is 89.4 cm³/mol. The van der Waals surface area contributed by atoms with Gasteiger partial charge in [0, 0.05) is 18.9 Å². The summed E-state index contributed by atoms with van der Waals surface area (Å²) in [7, 11) is 0. The molecule has 0 saturated heterocycles. The summed E-state index contributed by atoms with van der Waals surface area (Å²) in [6.07, 6.45) is 9.53. The number of ketones is 1. The molecule has 0 aromatic rings. The standard InChI is InChI=1S/C20H32O2/c1-5-18(2)10-7-15-14(12-18)16(22)11-17-19(3,13-21)8-6-9-20(15,17)4/h5,14-15,17,21H,1,6-13H2,2-4H3/t14-,15-,17?,18+,19+,20-/m0/s1. The minimum Gasteiger partial charge on any atom is -0.396 e. The third-order valence-corrected chi connectivity index (χ3v) is 7.82. The van der Waals surface area contributed by atoms with E-state index in [4.69, 9.17) is 0 Å². The van der Waals surface area contributed by atoms with Crippen molar-refractivity contribution in [3.63, 3.8) is 0 Å². The van der Waals surface area contributed by atoms with E-state index in [-0.39, 0.29) is 28.8 Å². The van der Waals surface area contributed by atoms with Crippen molar-refractivity contribution in [1.29, 1.82) is 0 Å². The molecule has 0 radical (unpaired) electrons. The van der Waals surface area contributed by atoms with Crippen LogP contribution in [-0.2, 0) is 4.79 Å². The third-order valence-electron chi connectivity index (χ3n) is 7.82. The van der Waals surface area contributed by atoms with E-state index < -0.39 is 0 Å². The Hall–Kier alpha value is -0.630. The lowest BCUT2D eigenvalue weighted by Crippen LogP contribution is -2.58. The van der Waals surface area contributed by atoms with E-state index in [1.165, 1.54) is 12.8 Å². The number of Topliss-reactive ketones (excluding diaryl/α,β-unsaturated/α-hetero) is 1. The van der Waals surface area contributed by atoms with E-state index in [2.05, 4.69) is 33.4 Å². The van der Waals surface area contributed by atoms with E-state index in [0.29, 0.717) is 24.0 Å². The maximum absolute atomic E-state index is 12.9. The lowest BCUT2D eigenvalue weighted by molar-refractivity contribution is -0.162. The van der Waals surface area contributed by atoms with Crippen molar-refractivity contribution in [2.45, 2.75) is 65.7 Å². The van der Waals surface area contributed by atoms with Crippen LogP contribution in [-0.4, -0.2) is 17.5 Å². The van der Waals surface area contributed by atoms with Crippen LogP contribution in [0.1, 0.15) is 65.7 Å². The Balaban J connectivity index is 1.95. The highest BCUT2D eigenvalue weighted by molar-refractivity contribution is 5.83. The zero-order valence-corrected chi connectivity index (χ0v) is 14.5. The molecular weight excluding hydrogens is 272 g/mol. The monoisotopic (exact) mass is 304 g/mol. The molecule has 3 aliphatic carbocycles. The Morgan fingerprint density at radius 2 is 2.00 bits per heavy atom. The van der Waals surface area contributed by atoms with Gasteiger partial charge >= 0.3 is 0 Å². The van der Waals surface area contributed by atoms with Gasteiger partial charge in [-0.05, 0) is 60.2 Å². The molecule has 3 rings (SSSR count). The summed E-state index contributed by atoms with van der Waals surface area (Å²) >= 11 is 0. The number of carbonyl (C=O) groups excluding carboxylic acids is 1. The van der Waals surface area contributed by atoms with E-state index >= 15 is 0 Å². The summed E-state index contributed by atoms with van der Waals surface area (Å²) in [5.74, 6) is 1.56. The van der Waals surface area contributed by atoms with Crippen LogP contribution in [0.25, 0.3) is 0 Å². The number of hydrogen-bond acceptors (Lipinski definition) is 2. The van der Waals surface area contributed by atoms with Crippen molar-refractivity contribution < 1.29 is 9.90 Å². The lowest BCUT2D eigenvalue weighted by Gasteiger charge is -2.61. The summed E-state index contributed by atoms with van der Waals surface area (Å²) in [6.45, 7) is 11.1. The van der Waals surface area contributed by atoms with Gasteiger partial charge in [-0.25, -0.2) is 0 Å². The lowest BCUT2D eigenvalue weighted by atomic mass is 9.43. The molecule has 0 spiro atoms. The van der Waals surface area contributed by atoms with Gasteiger partial charge in [0.05, 0.1) is 0 Å². The molecule has 124 valence electrons. The molecule has 0 bridgehead atoms. The van der Waals surface area contributed by atoms with Crippen molar-refractivity contribution in [2.75, 3.05) is 6.61 Å². The maximum Gasteiger partial charge on any atom is 0.136 e. The molecule has 3 saturated carbocycles. The number of allylic oxidation sites excluding steroid dienone is 1. The van der Waals surface area contributed by atoms with Crippen LogP contribution in [0, 0.1) is 34.0 Å². The first-order chi connectivity index (χ1) is 10.3. The zero-order chi connectivity index (χ0) is 16.2. The summed E-state index contributed by atoms with van der Waals surface area (Å²) < 4.78 is 0. The van der Waals surface area contributed by atoms with Crippen LogP contribution in [0.4, 0.5) is 0 Å². The van der Waals surface area contributed by atoms with Gasteiger partial charge in [-0.3, -0.25) is 4.79 Å². The van der Waals surface area contributed by atoms with Crippen LogP contribution in [0.15, 0.2) is 12.7 Å². The van der Waals surface area contributed by atoms with Crippen molar-refractivity contribution in [2.24, 2.45) is 34.0 Å². The van der Waals surface area contributed by atoms with Crippen molar-refractivity contribution >= 4 is 5.78 Å². The van der Waals surface area contributed by atoms with Gasteiger partial charge in [-0.2, -0.15) is 0 Å². The van der Waals surface area contributed by atoms with Gasteiger partial charge in [-0.1, -0.05) is 33.3 Å². The molecule has 2 nitrogen and oxygen atoms in total. The largest absolute Gasteiger partial charge is 0.396 e. The molecule has 3 aliphatic rings. The fourth-order valence-electron chi connectivity index (χ4n) is 6.23. The van der Waals surface area contributed by atoms with Crippen LogP contribution in [0.2, 0.25) is 0 Å². The average molecular weight is 304 g/mol. The Morgan fingerprint density at radius 1 is 1.27 bits per heavy atom. The third kappa shape index (κ3) is 2.21. The van der Waals surface area contributed by atoms with E-state index in [1.807, 2.05) is 0 Å². The molecule has 0 aromatic carbocycles. The second-order valence-corrected chi connectivity index (χ2v) is 9.21.